The lowest BCUT2D eigenvalue weighted by Crippen LogP contribution is -2.45. The SMILES string of the molecule is COc1cccc(CN2CCN(Cc3ccc4c(c3)c(-c3ccc(OC(F)(F)F)cc3CN)cn4CCCN)CC2)c1Cl. The van der Waals surface area contributed by atoms with E-state index in [1.165, 1.54) is 17.7 Å². The Bertz CT molecular complexity index is 1550. The number of nitrogens with zero attached hydrogens (tertiary/aromatic N) is 3. The molecule has 5 rings (SSSR count). The smallest absolute Gasteiger partial charge is 0.495 e. The van der Waals surface area contributed by atoms with Crippen molar-refractivity contribution in [1.82, 2.24) is 14.4 Å². The molecule has 0 bridgehead atoms. The number of ether oxygens (including phenoxy) is 2. The summed E-state index contributed by atoms with van der Waals surface area (Å²) in [6, 6.07) is 16.7. The van der Waals surface area contributed by atoms with E-state index in [1.807, 2.05) is 24.4 Å². The summed E-state index contributed by atoms with van der Waals surface area (Å²) in [5.41, 5.74) is 17.4. The third kappa shape index (κ3) is 7.45. The van der Waals surface area contributed by atoms with Gasteiger partial charge in [-0.15, -0.1) is 13.2 Å². The van der Waals surface area contributed by atoms with Gasteiger partial charge in [-0.05, 0) is 65.6 Å². The molecule has 1 aliphatic heterocycles. The Morgan fingerprint density at radius 2 is 1.63 bits per heavy atom. The Labute approximate surface area is 254 Å². The number of nitrogens with two attached hydrogens (primary N) is 2. The van der Waals surface area contributed by atoms with Crippen molar-refractivity contribution in [2.75, 3.05) is 39.8 Å². The van der Waals surface area contributed by atoms with Crippen molar-refractivity contribution >= 4 is 22.5 Å². The van der Waals surface area contributed by atoms with Gasteiger partial charge in [0, 0.05) is 75.0 Å². The highest BCUT2D eigenvalue weighted by Gasteiger charge is 2.31. The zero-order valence-electron chi connectivity index (χ0n) is 24.2. The average Bonchev–Trinajstić information content (AvgIpc) is 3.34. The predicted molar refractivity (Wildman–Crippen MR) is 164 cm³/mol. The third-order valence-corrected chi connectivity index (χ3v) is 8.33. The van der Waals surface area contributed by atoms with Crippen LogP contribution in [0.15, 0.2) is 60.8 Å². The first-order valence-electron chi connectivity index (χ1n) is 14.4. The van der Waals surface area contributed by atoms with Gasteiger partial charge in [0.05, 0.1) is 12.1 Å². The number of fused-ring (bicyclic) bond motifs is 1. The normalized spacial score (nSPS) is 14.9. The Morgan fingerprint density at radius 3 is 2.30 bits per heavy atom. The molecule has 0 radical (unpaired) electrons. The quantitative estimate of drug-likeness (QED) is 0.216. The Hall–Kier alpha value is -3.28. The standard InChI is InChI=1S/C32H37ClF3N5O2/c1-42-30-5-2-4-23(31(30)33)20-40-14-12-39(13-15-40)19-22-6-9-29-27(16-22)28(21-41(29)11-3-10-37)26-8-7-25(17-24(26)18-38)43-32(34,35)36/h2,4-9,16-17,21H,3,10-15,18-20,37-38H2,1H3. The highest BCUT2D eigenvalue weighted by atomic mass is 35.5. The number of aryl methyl sites for hydroxylation is 1. The number of hydrogen-bond acceptors (Lipinski definition) is 6. The average molecular weight is 616 g/mol. The molecule has 4 N–H and O–H groups in total. The van der Waals surface area contributed by atoms with Crippen LogP contribution >= 0.6 is 11.6 Å². The van der Waals surface area contributed by atoms with E-state index >= 15 is 0 Å². The van der Waals surface area contributed by atoms with Gasteiger partial charge in [0.1, 0.15) is 11.5 Å². The van der Waals surface area contributed by atoms with Crippen molar-refractivity contribution in [2.24, 2.45) is 11.5 Å². The molecule has 0 aliphatic carbocycles. The lowest BCUT2D eigenvalue weighted by atomic mass is 9.98. The van der Waals surface area contributed by atoms with Crippen molar-refractivity contribution in [2.45, 2.75) is 39.0 Å². The third-order valence-electron chi connectivity index (χ3n) is 7.90. The first-order valence-corrected chi connectivity index (χ1v) is 14.7. The minimum atomic E-state index is -4.77. The van der Waals surface area contributed by atoms with Crippen LogP contribution < -0.4 is 20.9 Å². The number of aromatic nitrogens is 1. The molecule has 1 saturated heterocycles. The molecule has 1 fully saturated rings. The number of alkyl halides is 3. The van der Waals surface area contributed by atoms with Gasteiger partial charge in [0.25, 0.3) is 0 Å². The number of halogens is 4. The lowest BCUT2D eigenvalue weighted by molar-refractivity contribution is -0.274. The summed E-state index contributed by atoms with van der Waals surface area (Å²) >= 11 is 6.52. The maximum absolute atomic E-state index is 12.8. The van der Waals surface area contributed by atoms with Crippen molar-refractivity contribution in [3.63, 3.8) is 0 Å². The molecule has 0 unspecified atom stereocenters. The largest absolute Gasteiger partial charge is 0.573 e. The van der Waals surface area contributed by atoms with Crippen LogP contribution in [0, 0.1) is 0 Å². The summed E-state index contributed by atoms with van der Waals surface area (Å²) < 4.78 is 50.2. The molecule has 11 heteroatoms. The Kier molecular flexibility index (Phi) is 9.83. The summed E-state index contributed by atoms with van der Waals surface area (Å²) in [6.45, 7) is 6.60. The van der Waals surface area contributed by atoms with E-state index in [2.05, 4.69) is 37.3 Å². The molecule has 0 atom stereocenters. The van der Waals surface area contributed by atoms with E-state index in [4.69, 9.17) is 27.8 Å². The predicted octanol–water partition coefficient (Wildman–Crippen LogP) is 5.99. The summed E-state index contributed by atoms with van der Waals surface area (Å²) in [7, 11) is 1.62. The van der Waals surface area contributed by atoms with Crippen molar-refractivity contribution in [3.05, 3.63) is 82.5 Å². The first-order chi connectivity index (χ1) is 20.7. The highest BCUT2D eigenvalue weighted by molar-refractivity contribution is 6.32. The van der Waals surface area contributed by atoms with Gasteiger partial charge in [0.2, 0.25) is 0 Å². The molecule has 0 saturated carbocycles. The molecule has 230 valence electrons. The second kappa shape index (κ2) is 13.6. The topological polar surface area (TPSA) is 81.9 Å². The zero-order valence-corrected chi connectivity index (χ0v) is 24.9. The van der Waals surface area contributed by atoms with Gasteiger partial charge >= 0.3 is 6.36 Å². The van der Waals surface area contributed by atoms with E-state index in [0.717, 1.165) is 79.8 Å². The summed E-state index contributed by atoms with van der Waals surface area (Å²) in [5.74, 6) is 0.408. The lowest BCUT2D eigenvalue weighted by Gasteiger charge is -2.35. The van der Waals surface area contributed by atoms with Gasteiger partial charge in [-0.3, -0.25) is 9.80 Å². The van der Waals surface area contributed by atoms with Crippen LogP contribution in [-0.2, 0) is 26.2 Å². The molecule has 0 spiro atoms. The van der Waals surface area contributed by atoms with Crippen LogP contribution in [0.5, 0.6) is 11.5 Å². The van der Waals surface area contributed by atoms with Crippen molar-refractivity contribution in [3.8, 4) is 22.6 Å². The zero-order chi connectivity index (χ0) is 30.6. The van der Waals surface area contributed by atoms with Crippen LogP contribution in [0.4, 0.5) is 13.2 Å². The van der Waals surface area contributed by atoms with Gasteiger partial charge in [-0.2, -0.15) is 0 Å². The van der Waals surface area contributed by atoms with Gasteiger partial charge in [-0.1, -0.05) is 35.9 Å². The summed E-state index contributed by atoms with van der Waals surface area (Å²) in [6.07, 6.45) is -1.92. The molecule has 4 aromatic rings. The van der Waals surface area contributed by atoms with Crippen molar-refractivity contribution < 1.29 is 22.6 Å². The number of hydrogen-bond donors (Lipinski definition) is 2. The molecular formula is C32H37ClF3N5O2. The van der Waals surface area contributed by atoms with Gasteiger partial charge in [0.15, 0.2) is 0 Å². The fourth-order valence-electron chi connectivity index (χ4n) is 5.74. The molecule has 1 aliphatic rings. The summed E-state index contributed by atoms with van der Waals surface area (Å²) in [4.78, 5) is 4.83. The second-order valence-electron chi connectivity index (χ2n) is 10.8. The molecular weight excluding hydrogens is 579 g/mol. The maximum Gasteiger partial charge on any atom is 0.573 e. The number of benzene rings is 3. The first kappa shape index (κ1) is 31.2. The number of rotatable bonds is 11. The van der Waals surface area contributed by atoms with E-state index in [0.29, 0.717) is 22.9 Å². The summed E-state index contributed by atoms with van der Waals surface area (Å²) in [5, 5.41) is 1.69. The molecule has 0 amide bonds. The monoisotopic (exact) mass is 615 g/mol. The van der Waals surface area contributed by atoms with E-state index < -0.39 is 6.36 Å². The number of methoxy groups -OCH3 is 1. The highest BCUT2D eigenvalue weighted by Crippen LogP contribution is 2.36. The maximum atomic E-state index is 12.8. The molecule has 7 nitrogen and oxygen atoms in total. The Balaban J connectivity index is 1.35. The van der Waals surface area contributed by atoms with E-state index in [1.54, 1.807) is 13.2 Å². The van der Waals surface area contributed by atoms with Crippen LogP contribution in [0.1, 0.15) is 23.1 Å². The minimum absolute atomic E-state index is 0.0742. The number of piperazine rings is 1. The fourth-order valence-corrected chi connectivity index (χ4v) is 6.01. The van der Waals surface area contributed by atoms with Gasteiger partial charge in [-0.25, -0.2) is 0 Å². The van der Waals surface area contributed by atoms with Gasteiger partial charge < -0.3 is 25.5 Å². The molecule has 3 aromatic carbocycles. The molecule has 43 heavy (non-hydrogen) atoms. The Morgan fingerprint density at radius 1 is 0.884 bits per heavy atom. The van der Waals surface area contributed by atoms with Crippen LogP contribution in [0.3, 0.4) is 0 Å². The van der Waals surface area contributed by atoms with Crippen LogP contribution in [-0.4, -0.2) is 60.6 Å². The van der Waals surface area contributed by atoms with Crippen molar-refractivity contribution in [1.29, 1.82) is 0 Å². The van der Waals surface area contributed by atoms with E-state index in [-0.39, 0.29) is 12.3 Å². The van der Waals surface area contributed by atoms with Crippen LogP contribution in [0.2, 0.25) is 5.02 Å². The van der Waals surface area contributed by atoms with Crippen LogP contribution in [0.25, 0.3) is 22.0 Å². The molecule has 1 aromatic heterocycles. The second-order valence-corrected chi connectivity index (χ2v) is 11.2. The fraction of sp³-hybridized carbons (Fsp3) is 0.375. The minimum Gasteiger partial charge on any atom is -0.495 e. The molecule has 2 heterocycles. The van der Waals surface area contributed by atoms with E-state index in [9.17, 15) is 13.2 Å².